The van der Waals surface area contributed by atoms with Crippen molar-refractivity contribution < 1.29 is 18.3 Å². The van der Waals surface area contributed by atoms with Crippen LogP contribution in [-0.4, -0.2) is 36.7 Å². The molecule has 1 fully saturated rings. The van der Waals surface area contributed by atoms with Crippen molar-refractivity contribution >= 4 is 17.3 Å². The number of benzene rings is 2. The molecule has 0 aromatic heterocycles. The van der Waals surface area contributed by atoms with Crippen molar-refractivity contribution in [2.24, 2.45) is 0 Å². The van der Waals surface area contributed by atoms with Crippen molar-refractivity contribution in [3.8, 4) is 0 Å². The number of ether oxygens (including phenoxy) is 1. The molecule has 2 atom stereocenters. The Morgan fingerprint density at radius 3 is 2.78 bits per heavy atom. The molecule has 0 spiro atoms. The van der Waals surface area contributed by atoms with E-state index in [1.807, 2.05) is 30.3 Å². The van der Waals surface area contributed by atoms with Crippen LogP contribution in [0.25, 0.3) is 5.57 Å². The Bertz CT molecular complexity index is 953. The molecule has 0 N–H and O–H groups in total. The van der Waals surface area contributed by atoms with Crippen molar-refractivity contribution in [2.45, 2.75) is 18.5 Å². The van der Waals surface area contributed by atoms with Crippen LogP contribution in [0.2, 0.25) is 0 Å². The van der Waals surface area contributed by atoms with E-state index < -0.39 is 11.6 Å². The first kappa shape index (κ1) is 16.4. The highest BCUT2D eigenvalue weighted by molar-refractivity contribution is 5.98. The number of nitrogens with zero attached hydrogens (tertiary/aromatic N) is 2. The summed E-state index contributed by atoms with van der Waals surface area (Å²) in [6, 6.07) is 10.8. The molecule has 6 heteroatoms. The first-order valence-electron chi connectivity index (χ1n) is 9.06. The lowest BCUT2D eigenvalue weighted by atomic mass is 9.98. The Balaban J connectivity index is 1.58. The Morgan fingerprint density at radius 2 is 1.96 bits per heavy atom. The lowest BCUT2D eigenvalue weighted by Crippen LogP contribution is -2.52. The molecule has 0 bridgehead atoms. The van der Waals surface area contributed by atoms with Gasteiger partial charge in [0.25, 0.3) is 0 Å². The van der Waals surface area contributed by atoms with Crippen LogP contribution in [0.3, 0.4) is 0 Å². The molecular formula is C21H18F2N2O2. The molecule has 27 heavy (non-hydrogen) atoms. The summed E-state index contributed by atoms with van der Waals surface area (Å²) in [5.41, 5.74) is 2.71. The van der Waals surface area contributed by atoms with E-state index >= 15 is 0 Å². The lowest BCUT2D eigenvalue weighted by Gasteiger charge is -2.41. The second kappa shape index (κ2) is 6.16. The fourth-order valence-corrected chi connectivity index (χ4v) is 4.25. The normalized spacial score (nSPS) is 24.1. The summed E-state index contributed by atoms with van der Waals surface area (Å²) in [5.74, 6) is -0.974. The Morgan fingerprint density at radius 1 is 1.11 bits per heavy atom. The maximum absolute atomic E-state index is 14.3. The van der Waals surface area contributed by atoms with Gasteiger partial charge in [0, 0.05) is 24.3 Å². The monoisotopic (exact) mass is 368 g/mol. The number of halogens is 2. The molecule has 3 aliphatic heterocycles. The van der Waals surface area contributed by atoms with Gasteiger partial charge in [-0.1, -0.05) is 24.3 Å². The van der Waals surface area contributed by atoms with Crippen molar-refractivity contribution in [1.82, 2.24) is 4.90 Å². The maximum Gasteiger partial charge on any atom is 0.325 e. The van der Waals surface area contributed by atoms with E-state index in [9.17, 15) is 13.6 Å². The fourth-order valence-electron chi connectivity index (χ4n) is 4.25. The Labute approximate surface area is 155 Å². The van der Waals surface area contributed by atoms with Gasteiger partial charge in [0.05, 0.1) is 24.4 Å². The van der Waals surface area contributed by atoms with E-state index in [4.69, 9.17) is 4.74 Å². The first-order valence-corrected chi connectivity index (χ1v) is 9.06. The van der Waals surface area contributed by atoms with Gasteiger partial charge in [-0.2, -0.15) is 0 Å². The van der Waals surface area contributed by atoms with Crippen molar-refractivity contribution in [2.75, 3.05) is 24.7 Å². The predicted molar refractivity (Wildman–Crippen MR) is 97.3 cm³/mol. The molecule has 0 saturated carbocycles. The summed E-state index contributed by atoms with van der Waals surface area (Å²) >= 11 is 0. The van der Waals surface area contributed by atoms with Crippen molar-refractivity contribution in [3.63, 3.8) is 0 Å². The Kier molecular flexibility index (Phi) is 3.75. The number of hydrogen-bond acceptors (Lipinski definition) is 2. The summed E-state index contributed by atoms with van der Waals surface area (Å²) in [7, 11) is 0. The minimum absolute atomic E-state index is 0.00504. The number of urea groups is 1. The number of amides is 2. The van der Waals surface area contributed by atoms with Gasteiger partial charge in [0.1, 0.15) is 11.6 Å². The molecule has 5 rings (SSSR count). The molecule has 138 valence electrons. The lowest BCUT2D eigenvalue weighted by molar-refractivity contribution is 0.182. The van der Waals surface area contributed by atoms with Gasteiger partial charge < -0.3 is 9.64 Å². The molecule has 0 aliphatic carbocycles. The summed E-state index contributed by atoms with van der Waals surface area (Å²) < 4.78 is 33.4. The smallest absolute Gasteiger partial charge is 0.325 e. The molecular weight excluding hydrogens is 350 g/mol. The maximum atomic E-state index is 14.3. The number of carbonyl (C=O) groups excluding carboxylic acids is 1. The average molecular weight is 368 g/mol. The Hall–Kier alpha value is -2.73. The zero-order chi connectivity index (χ0) is 18.5. The molecule has 1 unspecified atom stereocenters. The summed E-state index contributed by atoms with van der Waals surface area (Å²) in [6.07, 6.45) is 2.66. The molecule has 3 heterocycles. The molecule has 3 aliphatic rings. The molecule has 2 aromatic carbocycles. The third kappa shape index (κ3) is 2.55. The molecule has 4 nitrogen and oxygen atoms in total. The quantitative estimate of drug-likeness (QED) is 0.798. The number of para-hydroxylation sites is 1. The second-order valence-electron chi connectivity index (χ2n) is 7.12. The SMILES string of the molecule is O=C1N(C2CCOC2)c2ccccc2[C@@H]2C=C(c3cc(F)ccc3F)CN12. The summed E-state index contributed by atoms with van der Waals surface area (Å²) in [6.45, 7) is 1.40. The van der Waals surface area contributed by atoms with Crippen molar-refractivity contribution in [1.29, 1.82) is 0 Å². The van der Waals surface area contributed by atoms with Crippen LogP contribution >= 0.6 is 0 Å². The van der Waals surface area contributed by atoms with E-state index in [1.165, 1.54) is 6.07 Å². The zero-order valence-electron chi connectivity index (χ0n) is 14.6. The van der Waals surface area contributed by atoms with Crippen LogP contribution in [0, 0.1) is 11.6 Å². The molecule has 1 saturated heterocycles. The van der Waals surface area contributed by atoms with Crippen LogP contribution in [0.1, 0.15) is 23.6 Å². The zero-order valence-corrected chi connectivity index (χ0v) is 14.6. The highest BCUT2D eigenvalue weighted by Crippen LogP contribution is 2.44. The average Bonchev–Trinajstić information content (AvgIpc) is 3.34. The van der Waals surface area contributed by atoms with Gasteiger partial charge in [-0.25, -0.2) is 13.6 Å². The minimum atomic E-state index is -0.492. The minimum Gasteiger partial charge on any atom is -0.379 e. The fraction of sp³-hybridized carbons (Fsp3) is 0.286. The summed E-state index contributed by atoms with van der Waals surface area (Å²) in [4.78, 5) is 16.8. The number of anilines is 1. The number of fused-ring (bicyclic) bond motifs is 3. The topological polar surface area (TPSA) is 32.8 Å². The van der Waals surface area contributed by atoms with Crippen molar-refractivity contribution in [3.05, 3.63) is 71.3 Å². The van der Waals surface area contributed by atoms with Gasteiger partial charge in [-0.05, 0) is 36.3 Å². The van der Waals surface area contributed by atoms with Gasteiger partial charge >= 0.3 is 6.03 Å². The number of carbonyl (C=O) groups is 1. The van der Waals surface area contributed by atoms with Gasteiger partial charge in [-0.15, -0.1) is 0 Å². The standard InChI is InChI=1S/C21H18F2N2O2/c22-14-5-6-18(23)17(10-14)13-9-20-16-3-1-2-4-19(16)25(15-7-8-27-12-15)21(26)24(20)11-13/h1-6,9-10,15,20H,7-8,11-12H2/t15?,20-/m0/s1. The van der Waals surface area contributed by atoms with Crippen LogP contribution in [-0.2, 0) is 4.74 Å². The second-order valence-corrected chi connectivity index (χ2v) is 7.12. The molecule has 2 aromatic rings. The van der Waals surface area contributed by atoms with E-state index in [-0.39, 0.29) is 30.2 Å². The summed E-state index contributed by atoms with van der Waals surface area (Å²) in [5, 5.41) is 0. The van der Waals surface area contributed by atoms with E-state index in [0.29, 0.717) is 18.8 Å². The predicted octanol–water partition coefficient (Wildman–Crippen LogP) is 4.13. The van der Waals surface area contributed by atoms with E-state index in [1.54, 1.807) is 9.80 Å². The van der Waals surface area contributed by atoms with Gasteiger partial charge in [0.2, 0.25) is 0 Å². The van der Waals surface area contributed by atoms with Crippen LogP contribution < -0.4 is 4.90 Å². The van der Waals surface area contributed by atoms with Gasteiger partial charge in [0.15, 0.2) is 0 Å². The third-order valence-corrected chi connectivity index (χ3v) is 5.55. The molecule has 2 amide bonds. The number of hydrogen-bond donors (Lipinski definition) is 0. The highest BCUT2D eigenvalue weighted by atomic mass is 19.1. The number of rotatable bonds is 2. The highest BCUT2D eigenvalue weighted by Gasteiger charge is 2.43. The largest absolute Gasteiger partial charge is 0.379 e. The molecule has 0 radical (unpaired) electrons. The van der Waals surface area contributed by atoms with E-state index in [0.717, 1.165) is 29.8 Å². The first-order chi connectivity index (χ1) is 13.1. The van der Waals surface area contributed by atoms with Gasteiger partial charge in [-0.3, -0.25) is 4.90 Å². The van der Waals surface area contributed by atoms with Crippen LogP contribution in [0.4, 0.5) is 19.3 Å². The van der Waals surface area contributed by atoms with Crippen LogP contribution in [0.5, 0.6) is 0 Å². The van der Waals surface area contributed by atoms with Crippen LogP contribution in [0.15, 0.2) is 48.5 Å². The third-order valence-electron chi connectivity index (χ3n) is 5.55. The van der Waals surface area contributed by atoms with E-state index in [2.05, 4.69) is 0 Å².